The van der Waals surface area contributed by atoms with E-state index >= 15 is 0 Å². The minimum Gasteiger partial charge on any atom is -0.463 e. The zero-order chi connectivity index (χ0) is 29.1. The number of carbonyl (C=O) groups excluding carboxylic acids is 2. The van der Waals surface area contributed by atoms with Crippen molar-refractivity contribution in [3.05, 3.63) is 118 Å². The minimum atomic E-state index is -0.817. The van der Waals surface area contributed by atoms with Crippen LogP contribution in [0.25, 0.3) is 11.4 Å². The predicted molar refractivity (Wildman–Crippen MR) is 157 cm³/mol. The number of aromatic nitrogens is 4. The number of amides is 1. The lowest BCUT2D eigenvalue weighted by Crippen LogP contribution is -2.34. The molecule has 208 valence electrons. The van der Waals surface area contributed by atoms with Crippen molar-refractivity contribution in [1.29, 1.82) is 0 Å². The minimum absolute atomic E-state index is 0.160. The number of carbonyl (C=O) groups is 2. The third-order valence-corrected chi connectivity index (χ3v) is 7.05. The molecule has 2 N–H and O–H groups in total. The number of pyridine rings is 1. The first-order chi connectivity index (χ1) is 19.8. The first-order valence-electron chi connectivity index (χ1n) is 13.2. The number of hydrogen-bond donors (Lipinski definition) is 2. The van der Waals surface area contributed by atoms with Crippen LogP contribution in [-0.2, 0) is 14.3 Å². The van der Waals surface area contributed by atoms with Gasteiger partial charge in [-0.15, -0.1) is 0 Å². The number of dihydropyridines is 1. The molecular formula is C31H29ClN6O3. The standard InChI is InChI=1S/C31H29ClN6O3/c1-5-41-31(40)28-27(23-10-6-7-11-24(23)32)26(30(39)36-25-12-8-9-17-33-25)18(2)34-29(28)21-13-15-22(16-14-21)38-20(4)35-19(3)37-38/h6-17,27,34H,5H2,1-4H3,(H,33,36,39)/t27-/m1/s1. The normalized spacial score (nSPS) is 15.0. The van der Waals surface area contributed by atoms with Crippen molar-refractivity contribution >= 4 is 35.0 Å². The molecule has 0 spiro atoms. The van der Waals surface area contributed by atoms with Crippen molar-refractivity contribution in [1.82, 2.24) is 25.1 Å². The molecule has 1 aliphatic rings. The molecule has 0 unspecified atom stereocenters. The lowest BCUT2D eigenvalue weighted by atomic mass is 9.78. The number of anilines is 1. The van der Waals surface area contributed by atoms with E-state index in [-0.39, 0.29) is 12.2 Å². The van der Waals surface area contributed by atoms with Crippen LogP contribution >= 0.6 is 11.6 Å². The van der Waals surface area contributed by atoms with E-state index < -0.39 is 17.8 Å². The molecule has 5 rings (SSSR count). The van der Waals surface area contributed by atoms with Crippen LogP contribution in [0.3, 0.4) is 0 Å². The van der Waals surface area contributed by atoms with Gasteiger partial charge < -0.3 is 15.4 Å². The van der Waals surface area contributed by atoms with E-state index in [1.807, 2.05) is 50.2 Å². The van der Waals surface area contributed by atoms with Crippen molar-refractivity contribution in [3.63, 3.8) is 0 Å². The molecule has 2 aromatic carbocycles. The van der Waals surface area contributed by atoms with Crippen LogP contribution in [0.2, 0.25) is 5.02 Å². The fourth-order valence-corrected chi connectivity index (χ4v) is 5.21. The second kappa shape index (κ2) is 11.8. The van der Waals surface area contributed by atoms with E-state index in [1.54, 1.807) is 55.1 Å². The molecule has 0 saturated carbocycles. The first kappa shape index (κ1) is 27.8. The molecular weight excluding hydrogens is 540 g/mol. The molecule has 0 radical (unpaired) electrons. The topological polar surface area (TPSA) is 111 Å². The Kier molecular flexibility index (Phi) is 7.98. The van der Waals surface area contributed by atoms with Crippen molar-refractivity contribution in [2.24, 2.45) is 0 Å². The average Bonchev–Trinajstić information content (AvgIpc) is 3.30. The van der Waals surface area contributed by atoms with Crippen LogP contribution in [-0.4, -0.2) is 38.2 Å². The van der Waals surface area contributed by atoms with E-state index in [1.165, 1.54) is 0 Å². The molecule has 1 amide bonds. The van der Waals surface area contributed by atoms with Crippen molar-refractivity contribution in [2.75, 3.05) is 11.9 Å². The molecule has 0 fully saturated rings. The lowest BCUT2D eigenvalue weighted by Gasteiger charge is -2.32. The molecule has 9 nitrogen and oxygen atoms in total. The Morgan fingerprint density at radius 2 is 1.73 bits per heavy atom. The molecule has 0 bridgehead atoms. The first-order valence-corrected chi connectivity index (χ1v) is 13.5. The van der Waals surface area contributed by atoms with E-state index in [9.17, 15) is 9.59 Å². The van der Waals surface area contributed by atoms with Gasteiger partial charge in [0.05, 0.1) is 29.5 Å². The summed E-state index contributed by atoms with van der Waals surface area (Å²) in [6.07, 6.45) is 1.59. The summed E-state index contributed by atoms with van der Waals surface area (Å²) in [6, 6.07) is 20.0. The number of ether oxygens (including phenoxy) is 1. The summed E-state index contributed by atoms with van der Waals surface area (Å²) >= 11 is 6.70. The number of aryl methyl sites for hydroxylation is 2. The summed E-state index contributed by atoms with van der Waals surface area (Å²) in [5.41, 5.74) is 3.86. The van der Waals surface area contributed by atoms with Crippen LogP contribution in [0.15, 0.2) is 89.8 Å². The monoisotopic (exact) mass is 568 g/mol. The van der Waals surface area contributed by atoms with Crippen molar-refractivity contribution < 1.29 is 14.3 Å². The summed E-state index contributed by atoms with van der Waals surface area (Å²) in [6.45, 7) is 7.43. The zero-order valence-electron chi connectivity index (χ0n) is 23.1. The highest BCUT2D eigenvalue weighted by Crippen LogP contribution is 2.44. The summed E-state index contributed by atoms with van der Waals surface area (Å²) < 4.78 is 7.30. The molecule has 0 aliphatic carbocycles. The smallest absolute Gasteiger partial charge is 0.337 e. The highest BCUT2D eigenvalue weighted by molar-refractivity contribution is 6.31. The van der Waals surface area contributed by atoms with Crippen molar-refractivity contribution in [3.8, 4) is 5.69 Å². The molecule has 3 heterocycles. The Morgan fingerprint density at radius 1 is 1.00 bits per heavy atom. The van der Waals surface area contributed by atoms with Crippen LogP contribution in [0.1, 0.15) is 42.5 Å². The second-order valence-electron chi connectivity index (χ2n) is 9.46. The van der Waals surface area contributed by atoms with Gasteiger partial charge in [0.15, 0.2) is 0 Å². The van der Waals surface area contributed by atoms with Gasteiger partial charge in [-0.2, -0.15) is 5.10 Å². The van der Waals surface area contributed by atoms with E-state index in [0.717, 1.165) is 17.1 Å². The summed E-state index contributed by atoms with van der Waals surface area (Å²) in [5.74, 6) is 0.0421. The molecule has 0 saturated heterocycles. The van der Waals surface area contributed by atoms with E-state index in [4.69, 9.17) is 16.3 Å². The number of allylic oxidation sites excluding steroid dienone is 1. The largest absolute Gasteiger partial charge is 0.463 e. The van der Waals surface area contributed by atoms with Crippen molar-refractivity contribution in [2.45, 2.75) is 33.6 Å². The van der Waals surface area contributed by atoms with Gasteiger partial charge in [0.25, 0.3) is 5.91 Å². The van der Waals surface area contributed by atoms with Gasteiger partial charge in [-0.25, -0.2) is 19.4 Å². The fraction of sp³-hybridized carbons (Fsp3) is 0.194. The lowest BCUT2D eigenvalue weighted by molar-refractivity contribution is -0.138. The van der Waals surface area contributed by atoms with Crippen LogP contribution in [0.4, 0.5) is 5.82 Å². The second-order valence-corrected chi connectivity index (χ2v) is 9.87. The van der Waals surface area contributed by atoms with E-state index in [2.05, 4.69) is 25.7 Å². The zero-order valence-corrected chi connectivity index (χ0v) is 23.9. The number of nitrogens with zero attached hydrogens (tertiary/aromatic N) is 4. The van der Waals surface area contributed by atoms with Gasteiger partial charge in [-0.1, -0.05) is 48.0 Å². The van der Waals surface area contributed by atoms with Gasteiger partial charge in [-0.3, -0.25) is 4.79 Å². The number of hydrogen-bond acceptors (Lipinski definition) is 7. The Bertz CT molecular complexity index is 1680. The average molecular weight is 569 g/mol. The summed E-state index contributed by atoms with van der Waals surface area (Å²) in [5, 5.41) is 11.1. The summed E-state index contributed by atoms with van der Waals surface area (Å²) in [4.78, 5) is 36.1. The number of halogens is 1. The summed E-state index contributed by atoms with van der Waals surface area (Å²) in [7, 11) is 0. The van der Waals surface area contributed by atoms with Crippen LogP contribution < -0.4 is 10.6 Å². The highest BCUT2D eigenvalue weighted by Gasteiger charge is 2.39. The quantitative estimate of drug-likeness (QED) is 0.283. The maximum Gasteiger partial charge on any atom is 0.337 e. The van der Waals surface area contributed by atoms with Gasteiger partial charge >= 0.3 is 5.97 Å². The van der Waals surface area contributed by atoms with Crippen LogP contribution in [0.5, 0.6) is 0 Å². The Morgan fingerprint density at radius 3 is 2.37 bits per heavy atom. The molecule has 2 aromatic heterocycles. The number of benzene rings is 2. The van der Waals surface area contributed by atoms with Gasteiger partial charge in [0.2, 0.25) is 0 Å². The van der Waals surface area contributed by atoms with Gasteiger partial charge in [0, 0.05) is 22.5 Å². The third kappa shape index (κ3) is 5.62. The number of nitrogens with one attached hydrogen (secondary N) is 2. The Hall–Kier alpha value is -4.76. The van der Waals surface area contributed by atoms with Gasteiger partial charge in [0.1, 0.15) is 17.5 Å². The third-order valence-electron chi connectivity index (χ3n) is 6.70. The highest BCUT2D eigenvalue weighted by atomic mass is 35.5. The molecule has 41 heavy (non-hydrogen) atoms. The number of rotatable bonds is 7. The predicted octanol–water partition coefficient (Wildman–Crippen LogP) is 5.51. The molecule has 1 aliphatic heterocycles. The molecule has 10 heteroatoms. The molecule has 4 aromatic rings. The van der Waals surface area contributed by atoms with Crippen LogP contribution in [0, 0.1) is 13.8 Å². The maximum atomic E-state index is 13.8. The Labute approximate surface area is 242 Å². The fourth-order valence-electron chi connectivity index (χ4n) is 4.96. The maximum absolute atomic E-state index is 13.8. The SMILES string of the molecule is CCOC(=O)C1=C(c2ccc(-n3nc(C)nc3C)cc2)NC(C)=C(C(=O)Nc2ccccn2)[C@H]1c1ccccc1Cl. The number of esters is 1. The van der Waals surface area contributed by atoms with E-state index in [0.29, 0.717) is 39.2 Å². The Balaban J connectivity index is 1.66. The molecule has 1 atom stereocenters. The van der Waals surface area contributed by atoms with Gasteiger partial charge in [-0.05, 0) is 69.2 Å².